The summed E-state index contributed by atoms with van der Waals surface area (Å²) < 4.78 is 5.00. The monoisotopic (exact) mass is 380 g/mol. The van der Waals surface area contributed by atoms with Crippen molar-refractivity contribution < 1.29 is 19.1 Å². The van der Waals surface area contributed by atoms with E-state index in [9.17, 15) is 14.4 Å². The van der Waals surface area contributed by atoms with E-state index in [1.54, 1.807) is 42.2 Å². The van der Waals surface area contributed by atoms with Gasteiger partial charge in [-0.25, -0.2) is 4.79 Å². The molecule has 2 aromatic rings. The molecule has 6 heteroatoms. The van der Waals surface area contributed by atoms with Gasteiger partial charge in [0.05, 0.1) is 12.2 Å². The number of carbonyl (C=O) groups excluding carboxylic acids is 3. The number of anilines is 1. The van der Waals surface area contributed by atoms with E-state index < -0.39 is 12.0 Å². The van der Waals surface area contributed by atoms with Gasteiger partial charge >= 0.3 is 5.97 Å². The second kappa shape index (κ2) is 8.69. The van der Waals surface area contributed by atoms with Crippen LogP contribution in [0.5, 0.6) is 0 Å². The molecule has 0 radical (unpaired) electrons. The Labute approximate surface area is 164 Å². The maximum Gasteiger partial charge on any atom is 0.338 e. The molecule has 0 saturated carbocycles. The largest absolute Gasteiger partial charge is 0.462 e. The van der Waals surface area contributed by atoms with Crippen molar-refractivity contribution in [1.29, 1.82) is 0 Å². The van der Waals surface area contributed by atoms with Gasteiger partial charge in [0.2, 0.25) is 5.91 Å². The normalized spacial score (nSPS) is 13.8. The molecule has 0 saturated heterocycles. The molecule has 0 unspecified atom stereocenters. The second-order valence-electron chi connectivity index (χ2n) is 6.69. The molecule has 1 atom stereocenters. The molecule has 1 N–H and O–H groups in total. The van der Waals surface area contributed by atoms with Gasteiger partial charge in [-0.2, -0.15) is 0 Å². The van der Waals surface area contributed by atoms with Gasteiger partial charge in [0.1, 0.15) is 6.04 Å². The van der Waals surface area contributed by atoms with Crippen LogP contribution in [0.1, 0.15) is 53.0 Å². The van der Waals surface area contributed by atoms with Crippen LogP contribution in [0.2, 0.25) is 0 Å². The number of ether oxygens (including phenoxy) is 1. The topological polar surface area (TPSA) is 75.7 Å². The Balaban J connectivity index is 1.77. The summed E-state index contributed by atoms with van der Waals surface area (Å²) in [4.78, 5) is 39.3. The fourth-order valence-corrected chi connectivity index (χ4v) is 3.39. The third-order valence-corrected chi connectivity index (χ3v) is 4.73. The van der Waals surface area contributed by atoms with Crippen LogP contribution >= 0.6 is 0 Å². The zero-order chi connectivity index (χ0) is 20.1. The first-order valence-corrected chi connectivity index (χ1v) is 9.52. The minimum Gasteiger partial charge on any atom is -0.462 e. The molecule has 0 bridgehead atoms. The second-order valence-corrected chi connectivity index (χ2v) is 6.69. The molecule has 2 aromatic carbocycles. The third-order valence-electron chi connectivity index (χ3n) is 4.73. The van der Waals surface area contributed by atoms with E-state index in [0.29, 0.717) is 29.8 Å². The summed E-state index contributed by atoms with van der Waals surface area (Å²) in [7, 11) is 0. The zero-order valence-electron chi connectivity index (χ0n) is 16.1. The Morgan fingerprint density at radius 1 is 1.14 bits per heavy atom. The lowest BCUT2D eigenvalue weighted by Crippen LogP contribution is -2.44. The van der Waals surface area contributed by atoms with Crippen LogP contribution in [0, 0.1) is 0 Å². The summed E-state index contributed by atoms with van der Waals surface area (Å²) in [5, 5.41) is 2.85. The number of esters is 1. The van der Waals surface area contributed by atoms with Crippen LogP contribution in [0.3, 0.4) is 0 Å². The predicted molar refractivity (Wildman–Crippen MR) is 106 cm³/mol. The van der Waals surface area contributed by atoms with Crippen LogP contribution in [0.25, 0.3) is 0 Å². The maximum absolute atomic E-state index is 13.0. The quantitative estimate of drug-likeness (QED) is 0.745. The van der Waals surface area contributed by atoms with Crippen molar-refractivity contribution in [2.75, 3.05) is 11.9 Å². The molecule has 0 spiro atoms. The SMILES string of the molecule is CCC[C@H](C(=O)Nc1cccc(C(=O)OCC)c1)N1Cc2ccccc2C1=O. The van der Waals surface area contributed by atoms with Gasteiger partial charge in [0.15, 0.2) is 0 Å². The van der Waals surface area contributed by atoms with Gasteiger partial charge in [0.25, 0.3) is 5.91 Å². The minimum absolute atomic E-state index is 0.121. The van der Waals surface area contributed by atoms with E-state index in [0.717, 1.165) is 12.0 Å². The van der Waals surface area contributed by atoms with Crippen LogP contribution in [-0.4, -0.2) is 35.3 Å². The standard InChI is InChI=1S/C22H24N2O4/c1-3-8-19(24-14-16-9-5-6-12-18(16)21(24)26)20(25)23-17-11-7-10-15(13-17)22(27)28-4-2/h5-7,9-13,19H,3-4,8,14H2,1-2H3,(H,23,25)/t19-/m1/s1. The predicted octanol–water partition coefficient (Wildman–Crippen LogP) is 3.63. The highest BCUT2D eigenvalue weighted by Crippen LogP contribution is 2.26. The summed E-state index contributed by atoms with van der Waals surface area (Å²) in [6, 6.07) is 13.5. The molecule has 2 amide bonds. The summed E-state index contributed by atoms with van der Waals surface area (Å²) >= 11 is 0. The van der Waals surface area contributed by atoms with E-state index in [1.165, 1.54) is 0 Å². The number of fused-ring (bicyclic) bond motifs is 1. The Morgan fingerprint density at radius 3 is 2.64 bits per heavy atom. The first kappa shape index (κ1) is 19.6. The third kappa shape index (κ3) is 4.06. The highest BCUT2D eigenvalue weighted by atomic mass is 16.5. The van der Waals surface area contributed by atoms with E-state index in [1.807, 2.05) is 25.1 Å². The Hall–Kier alpha value is -3.15. The number of nitrogens with one attached hydrogen (secondary N) is 1. The lowest BCUT2D eigenvalue weighted by Gasteiger charge is -2.26. The zero-order valence-corrected chi connectivity index (χ0v) is 16.1. The number of nitrogens with zero attached hydrogens (tertiary/aromatic N) is 1. The van der Waals surface area contributed by atoms with Gasteiger partial charge in [-0.3, -0.25) is 9.59 Å². The number of benzene rings is 2. The maximum atomic E-state index is 13.0. The Kier molecular flexibility index (Phi) is 6.09. The molecular weight excluding hydrogens is 356 g/mol. The highest BCUT2D eigenvalue weighted by molar-refractivity contribution is 6.03. The molecule has 1 aliphatic rings. The van der Waals surface area contributed by atoms with Crippen LogP contribution in [0.15, 0.2) is 48.5 Å². The first-order valence-electron chi connectivity index (χ1n) is 9.52. The van der Waals surface area contributed by atoms with Gasteiger partial charge in [0, 0.05) is 17.8 Å². The van der Waals surface area contributed by atoms with Crippen LogP contribution in [-0.2, 0) is 16.1 Å². The lowest BCUT2D eigenvalue weighted by molar-refractivity contribution is -0.120. The number of carbonyl (C=O) groups is 3. The van der Waals surface area contributed by atoms with E-state index in [4.69, 9.17) is 4.74 Å². The van der Waals surface area contributed by atoms with E-state index in [2.05, 4.69) is 5.32 Å². The molecule has 0 aromatic heterocycles. The van der Waals surface area contributed by atoms with Gasteiger partial charge in [-0.05, 0) is 43.2 Å². The molecule has 3 rings (SSSR count). The summed E-state index contributed by atoms with van der Waals surface area (Å²) in [5.41, 5.74) is 2.46. The number of rotatable bonds is 7. The summed E-state index contributed by atoms with van der Waals surface area (Å²) in [6.45, 7) is 4.43. The van der Waals surface area contributed by atoms with E-state index >= 15 is 0 Å². The van der Waals surface area contributed by atoms with Crippen molar-refractivity contribution in [1.82, 2.24) is 4.90 Å². The molecule has 146 valence electrons. The molecule has 0 aliphatic carbocycles. The van der Waals surface area contributed by atoms with Crippen molar-refractivity contribution in [3.8, 4) is 0 Å². The van der Waals surface area contributed by atoms with Crippen molar-refractivity contribution >= 4 is 23.5 Å². The summed E-state index contributed by atoms with van der Waals surface area (Å²) in [6.07, 6.45) is 1.32. The van der Waals surface area contributed by atoms with Crippen molar-refractivity contribution in [2.45, 2.75) is 39.3 Å². The number of amides is 2. The van der Waals surface area contributed by atoms with Crippen molar-refractivity contribution in [3.63, 3.8) is 0 Å². The minimum atomic E-state index is -0.573. The fourth-order valence-electron chi connectivity index (χ4n) is 3.39. The van der Waals surface area contributed by atoms with Crippen molar-refractivity contribution in [3.05, 3.63) is 65.2 Å². The van der Waals surface area contributed by atoms with Gasteiger partial charge in [-0.1, -0.05) is 37.6 Å². The number of hydrogen-bond acceptors (Lipinski definition) is 4. The molecule has 28 heavy (non-hydrogen) atoms. The lowest BCUT2D eigenvalue weighted by atomic mass is 10.1. The number of hydrogen-bond donors (Lipinski definition) is 1. The average molecular weight is 380 g/mol. The van der Waals surface area contributed by atoms with Gasteiger partial charge < -0.3 is 15.0 Å². The highest BCUT2D eigenvalue weighted by Gasteiger charge is 2.35. The fraction of sp³-hybridized carbons (Fsp3) is 0.318. The van der Waals surface area contributed by atoms with Gasteiger partial charge in [-0.15, -0.1) is 0 Å². The Morgan fingerprint density at radius 2 is 1.93 bits per heavy atom. The molecule has 6 nitrogen and oxygen atoms in total. The smallest absolute Gasteiger partial charge is 0.338 e. The summed E-state index contributed by atoms with van der Waals surface area (Å²) in [5.74, 6) is -0.817. The molecule has 1 heterocycles. The molecular formula is C22H24N2O4. The molecule has 0 fully saturated rings. The van der Waals surface area contributed by atoms with Crippen molar-refractivity contribution in [2.24, 2.45) is 0 Å². The molecule has 1 aliphatic heterocycles. The first-order chi connectivity index (χ1) is 13.5. The van der Waals surface area contributed by atoms with E-state index in [-0.39, 0.29) is 18.4 Å². The average Bonchev–Trinajstić information content (AvgIpc) is 3.03. The van der Waals surface area contributed by atoms with Crippen LogP contribution in [0.4, 0.5) is 5.69 Å². The van der Waals surface area contributed by atoms with Crippen LogP contribution < -0.4 is 5.32 Å². The Bertz CT molecular complexity index is 894.